The normalized spacial score (nSPS) is 11.4. The smallest absolute Gasteiger partial charge is 0.275 e. The molecular weight excluding hydrogens is 300 g/mol. The van der Waals surface area contributed by atoms with Gasteiger partial charge in [-0.15, -0.1) is 0 Å². The Bertz CT molecular complexity index is 1130. The summed E-state index contributed by atoms with van der Waals surface area (Å²) >= 11 is 0. The highest BCUT2D eigenvalue weighted by Crippen LogP contribution is 2.27. The molecule has 0 fully saturated rings. The van der Waals surface area contributed by atoms with Crippen LogP contribution in [0.3, 0.4) is 0 Å². The molecule has 1 N–H and O–H groups in total. The standard InChI is InChI=1S/C17H11F2N3O/c1-22-8-10(9-4-2-3-5-15(9)22)16-17(23)21-14-7-12(19)11(18)6-13(14)20-16/h2-8H,1H3,(H,21,23). The number of aromatic amines is 1. The molecule has 23 heavy (non-hydrogen) atoms. The van der Waals surface area contributed by atoms with Crippen molar-refractivity contribution in [3.63, 3.8) is 0 Å². The van der Waals surface area contributed by atoms with Crippen LogP contribution in [-0.4, -0.2) is 14.5 Å². The summed E-state index contributed by atoms with van der Waals surface area (Å²) in [5, 5.41) is 0.870. The van der Waals surface area contributed by atoms with Crippen LogP contribution in [0, 0.1) is 11.6 Å². The fraction of sp³-hybridized carbons (Fsp3) is 0.0588. The molecule has 6 heteroatoms. The van der Waals surface area contributed by atoms with Gasteiger partial charge in [-0.05, 0) is 6.07 Å². The Balaban J connectivity index is 2.06. The summed E-state index contributed by atoms with van der Waals surface area (Å²) in [5.74, 6) is -2.02. The van der Waals surface area contributed by atoms with Crippen molar-refractivity contribution in [3.8, 4) is 11.3 Å². The number of aryl methyl sites for hydroxylation is 1. The van der Waals surface area contributed by atoms with E-state index in [9.17, 15) is 13.6 Å². The quantitative estimate of drug-likeness (QED) is 0.586. The molecule has 0 bridgehead atoms. The van der Waals surface area contributed by atoms with E-state index in [0.29, 0.717) is 5.56 Å². The van der Waals surface area contributed by atoms with Crippen LogP contribution in [0.2, 0.25) is 0 Å². The van der Waals surface area contributed by atoms with E-state index in [-0.39, 0.29) is 16.7 Å². The van der Waals surface area contributed by atoms with Crippen LogP contribution in [0.15, 0.2) is 47.4 Å². The molecule has 0 radical (unpaired) electrons. The zero-order valence-electron chi connectivity index (χ0n) is 12.1. The van der Waals surface area contributed by atoms with E-state index >= 15 is 0 Å². The molecule has 0 saturated heterocycles. The first-order valence-corrected chi connectivity index (χ1v) is 6.98. The molecule has 2 aromatic heterocycles. The van der Waals surface area contributed by atoms with E-state index < -0.39 is 17.2 Å². The van der Waals surface area contributed by atoms with Crippen LogP contribution in [0.5, 0.6) is 0 Å². The molecule has 4 nitrogen and oxygen atoms in total. The molecule has 0 aliphatic rings. The van der Waals surface area contributed by atoms with Gasteiger partial charge in [-0.1, -0.05) is 18.2 Å². The highest BCUT2D eigenvalue weighted by Gasteiger charge is 2.15. The first-order valence-electron chi connectivity index (χ1n) is 6.98. The van der Waals surface area contributed by atoms with Gasteiger partial charge in [-0.2, -0.15) is 0 Å². The maximum Gasteiger partial charge on any atom is 0.275 e. The number of H-pyrrole nitrogens is 1. The van der Waals surface area contributed by atoms with E-state index in [1.807, 2.05) is 35.9 Å². The number of nitrogens with zero attached hydrogens (tertiary/aromatic N) is 2. The monoisotopic (exact) mass is 311 g/mol. The van der Waals surface area contributed by atoms with Gasteiger partial charge in [0.2, 0.25) is 0 Å². The lowest BCUT2D eigenvalue weighted by Crippen LogP contribution is -2.11. The third kappa shape index (κ3) is 2.03. The number of halogens is 2. The Morgan fingerprint density at radius 2 is 1.87 bits per heavy atom. The third-order valence-corrected chi connectivity index (χ3v) is 3.89. The largest absolute Gasteiger partial charge is 0.350 e. The fourth-order valence-corrected chi connectivity index (χ4v) is 2.79. The molecule has 0 saturated carbocycles. The molecule has 4 aromatic rings. The number of para-hydroxylation sites is 1. The van der Waals surface area contributed by atoms with Crippen LogP contribution in [0.1, 0.15) is 0 Å². The Morgan fingerprint density at radius 3 is 2.70 bits per heavy atom. The predicted octanol–water partition coefficient (Wildman–Crippen LogP) is 3.36. The lowest BCUT2D eigenvalue weighted by molar-refractivity contribution is 0.510. The van der Waals surface area contributed by atoms with Crippen molar-refractivity contribution < 1.29 is 8.78 Å². The van der Waals surface area contributed by atoms with Crippen molar-refractivity contribution in [3.05, 3.63) is 64.6 Å². The van der Waals surface area contributed by atoms with Gasteiger partial charge < -0.3 is 9.55 Å². The highest BCUT2D eigenvalue weighted by molar-refractivity contribution is 5.95. The van der Waals surface area contributed by atoms with Crippen molar-refractivity contribution in [1.82, 2.24) is 14.5 Å². The van der Waals surface area contributed by atoms with Crippen molar-refractivity contribution in [2.45, 2.75) is 0 Å². The Hall–Kier alpha value is -3.02. The minimum Gasteiger partial charge on any atom is -0.350 e. The summed E-state index contributed by atoms with van der Waals surface area (Å²) in [6.07, 6.45) is 1.80. The summed E-state index contributed by atoms with van der Waals surface area (Å²) in [7, 11) is 1.87. The molecule has 2 aromatic carbocycles. The molecule has 0 amide bonds. The van der Waals surface area contributed by atoms with Crippen LogP contribution in [0.4, 0.5) is 8.78 Å². The summed E-state index contributed by atoms with van der Waals surface area (Å²) in [6, 6.07) is 9.52. The minimum atomic E-state index is -1.02. The van der Waals surface area contributed by atoms with E-state index in [1.54, 1.807) is 6.20 Å². The second-order valence-corrected chi connectivity index (χ2v) is 5.37. The number of hydrogen-bond donors (Lipinski definition) is 1. The molecule has 0 unspecified atom stereocenters. The average molecular weight is 311 g/mol. The predicted molar refractivity (Wildman–Crippen MR) is 84.2 cm³/mol. The lowest BCUT2D eigenvalue weighted by Gasteiger charge is -2.03. The molecule has 2 heterocycles. The van der Waals surface area contributed by atoms with Gasteiger partial charge in [-0.25, -0.2) is 13.8 Å². The number of rotatable bonds is 1. The number of fused-ring (bicyclic) bond motifs is 2. The molecule has 0 aliphatic heterocycles. The third-order valence-electron chi connectivity index (χ3n) is 3.89. The molecular formula is C17H11F2N3O. The zero-order valence-corrected chi connectivity index (χ0v) is 12.1. The van der Waals surface area contributed by atoms with Crippen molar-refractivity contribution in [1.29, 1.82) is 0 Å². The molecule has 114 valence electrons. The minimum absolute atomic E-state index is 0.165. The maximum absolute atomic E-state index is 13.4. The lowest BCUT2D eigenvalue weighted by atomic mass is 10.1. The van der Waals surface area contributed by atoms with Gasteiger partial charge in [0, 0.05) is 41.8 Å². The van der Waals surface area contributed by atoms with Crippen molar-refractivity contribution in [2.75, 3.05) is 0 Å². The zero-order chi connectivity index (χ0) is 16.1. The van der Waals surface area contributed by atoms with E-state index in [0.717, 1.165) is 23.0 Å². The summed E-state index contributed by atoms with van der Waals surface area (Å²) < 4.78 is 28.6. The molecule has 0 atom stereocenters. The van der Waals surface area contributed by atoms with Gasteiger partial charge in [0.05, 0.1) is 11.0 Å². The van der Waals surface area contributed by atoms with Crippen molar-refractivity contribution in [2.24, 2.45) is 7.05 Å². The average Bonchev–Trinajstić information content (AvgIpc) is 2.86. The van der Waals surface area contributed by atoms with Gasteiger partial charge in [0.1, 0.15) is 5.69 Å². The number of benzene rings is 2. The molecule has 4 rings (SSSR count). The second-order valence-electron chi connectivity index (χ2n) is 5.37. The van der Waals surface area contributed by atoms with Gasteiger partial charge in [-0.3, -0.25) is 4.79 Å². The van der Waals surface area contributed by atoms with Gasteiger partial charge in [0.15, 0.2) is 11.6 Å². The van der Waals surface area contributed by atoms with Gasteiger partial charge >= 0.3 is 0 Å². The summed E-state index contributed by atoms with van der Waals surface area (Å²) in [4.78, 5) is 19.2. The summed E-state index contributed by atoms with van der Waals surface area (Å²) in [5.41, 5.74) is 1.70. The Morgan fingerprint density at radius 1 is 1.13 bits per heavy atom. The number of aromatic nitrogens is 3. The van der Waals surface area contributed by atoms with Crippen molar-refractivity contribution >= 4 is 21.9 Å². The highest BCUT2D eigenvalue weighted by atomic mass is 19.2. The fourth-order valence-electron chi connectivity index (χ4n) is 2.79. The van der Waals surface area contributed by atoms with E-state index in [2.05, 4.69) is 9.97 Å². The molecule has 0 spiro atoms. The van der Waals surface area contributed by atoms with Crippen LogP contribution in [0.25, 0.3) is 33.2 Å². The Labute approximate surface area is 129 Å². The number of nitrogens with one attached hydrogen (secondary N) is 1. The maximum atomic E-state index is 13.4. The Kier molecular flexibility index (Phi) is 2.81. The first kappa shape index (κ1) is 13.6. The van der Waals surface area contributed by atoms with E-state index in [1.165, 1.54) is 0 Å². The second kappa shape index (κ2) is 4.74. The van der Waals surface area contributed by atoms with E-state index in [4.69, 9.17) is 0 Å². The first-order chi connectivity index (χ1) is 11.0. The van der Waals surface area contributed by atoms with Crippen LogP contribution in [-0.2, 0) is 7.05 Å². The topological polar surface area (TPSA) is 50.7 Å². The molecule has 0 aliphatic carbocycles. The van der Waals surface area contributed by atoms with Crippen LogP contribution >= 0.6 is 0 Å². The number of hydrogen-bond acceptors (Lipinski definition) is 2. The van der Waals surface area contributed by atoms with Gasteiger partial charge in [0.25, 0.3) is 5.56 Å². The summed E-state index contributed by atoms with van der Waals surface area (Å²) in [6.45, 7) is 0. The SMILES string of the molecule is Cn1cc(-c2nc3cc(F)c(F)cc3[nH]c2=O)c2ccccc21. The van der Waals surface area contributed by atoms with Crippen LogP contribution < -0.4 is 5.56 Å².